The van der Waals surface area contributed by atoms with Gasteiger partial charge >= 0.3 is 0 Å². The number of hydrogen-bond acceptors (Lipinski definition) is 2. The first kappa shape index (κ1) is 12.5. The van der Waals surface area contributed by atoms with Gasteiger partial charge in [-0.3, -0.25) is 0 Å². The molecule has 0 amide bonds. The van der Waals surface area contributed by atoms with E-state index in [-0.39, 0.29) is 5.82 Å². The van der Waals surface area contributed by atoms with Gasteiger partial charge in [0.1, 0.15) is 5.82 Å². The third kappa shape index (κ3) is 2.85. The van der Waals surface area contributed by atoms with E-state index in [1.54, 1.807) is 12.1 Å². The Bertz CT molecular complexity index is 449. The van der Waals surface area contributed by atoms with Crippen LogP contribution >= 0.6 is 15.9 Å². The van der Waals surface area contributed by atoms with Crippen LogP contribution in [0.3, 0.4) is 0 Å². The molecule has 1 saturated heterocycles. The summed E-state index contributed by atoms with van der Waals surface area (Å²) in [7, 11) is 0. The minimum absolute atomic E-state index is 0.264. The van der Waals surface area contributed by atoms with E-state index in [1.807, 2.05) is 0 Å². The molecule has 0 aromatic heterocycles. The van der Waals surface area contributed by atoms with Crippen LogP contribution in [0.2, 0.25) is 0 Å². The van der Waals surface area contributed by atoms with Crippen LogP contribution in [0.1, 0.15) is 18.4 Å². The SMILES string of the molecule is N#CC1(Cc2ccc(Br)cc2F)CCCOC1. The van der Waals surface area contributed by atoms with Crippen molar-refractivity contribution in [1.29, 1.82) is 5.26 Å². The number of halogens is 2. The predicted octanol–water partition coefficient (Wildman–Crippen LogP) is 3.45. The van der Waals surface area contributed by atoms with Crippen LogP contribution in [-0.4, -0.2) is 13.2 Å². The summed E-state index contributed by atoms with van der Waals surface area (Å²) in [5.41, 5.74) is 0.0210. The normalized spacial score (nSPS) is 24.3. The van der Waals surface area contributed by atoms with Gasteiger partial charge in [-0.05, 0) is 37.0 Å². The Hall–Kier alpha value is -0.920. The quantitative estimate of drug-likeness (QED) is 0.838. The van der Waals surface area contributed by atoms with Crippen LogP contribution in [0.5, 0.6) is 0 Å². The summed E-state index contributed by atoms with van der Waals surface area (Å²) >= 11 is 3.22. The van der Waals surface area contributed by atoms with Crippen LogP contribution in [-0.2, 0) is 11.2 Å². The van der Waals surface area contributed by atoms with E-state index in [2.05, 4.69) is 22.0 Å². The molecule has 1 fully saturated rings. The van der Waals surface area contributed by atoms with Crippen molar-refractivity contribution >= 4 is 15.9 Å². The Morgan fingerprint density at radius 1 is 1.53 bits per heavy atom. The van der Waals surface area contributed by atoms with Gasteiger partial charge in [-0.15, -0.1) is 0 Å². The molecule has 2 rings (SSSR count). The molecule has 1 atom stereocenters. The molecule has 0 aliphatic carbocycles. The second kappa shape index (κ2) is 5.16. The van der Waals surface area contributed by atoms with Crippen molar-refractivity contribution in [2.45, 2.75) is 19.3 Å². The lowest BCUT2D eigenvalue weighted by atomic mass is 9.78. The fraction of sp³-hybridized carbons (Fsp3) is 0.462. The first-order chi connectivity index (χ1) is 8.15. The number of benzene rings is 1. The van der Waals surface area contributed by atoms with Crippen LogP contribution in [0.15, 0.2) is 22.7 Å². The van der Waals surface area contributed by atoms with Crippen LogP contribution < -0.4 is 0 Å². The van der Waals surface area contributed by atoms with Crippen molar-refractivity contribution < 1.29 is 9.13 Å². The molecule has 0 N–H and O–H groups in total. The van der Waals surface area contributed by atoms with Gasteiger partial charge in [0.2, 0.25) is 0 Å². The van der Waals surface area contributed by atoms with Gasteiger partial charge in [-0.1, -0.05) is 22.0 Å². The van der Waals surface area contributed by atoms with Crippen molar-refractivity contribution in [2.24, 2.45) is 5.41 Å². The zero-order valence-electron chi connectivity index (χ0n) is 9.38. The van der Waals surface area contributed by atoms with E-state index in [0.29, 0.717) is 29.7 Å². The van der Waals surface area contributed by atoms with Crippen LogP contribution in [0.4, 0.5) is 4.39 Å². The van der Waals surface area contributed by atoms with Gasteiger partial charge in [0, 0.05) is 11.1 Å². The second-order valence-electron chi connectivity index (χ2n) is 4.46. The van der Waals surface area contributed by atoms with E-state index < -0.39 is 5.41 Å². The number of ether oxygens (including phenoxy) is 1. The molecule has 1 heterocycles. The lowest BCUT2D eigenvalue weighted by Gasteiger charge is -2.30. The fourth-order valence-corrected chi connectivity index (χ4v) is 2.48. The molecular weight excluding hydrogens is 285 g/mol. The average Bonchev–Trinajstić information content (AvgIpc) is 2.34. The molecule has 17 heavy (non-hydrogen) atoms. The molecule has 1 unspecified atom stereocenters. The van der Waals surface area contributed by atoms with Crippen molar-refractivity contribution in [1.82, 2.24) is 0 Å². The topological polar surface area (TPSA) is 33.0 Å². The third-order valence-electron chi connectivity index (χ3n) is 3.10. The van der Waals surface area contributed by atoms with Crippen molar-refractivity contribution in [3.8, 4) is 6.07 Å². The molecule has 0 radical (unpaired) electrons. The monoisotopic (exact) mass is 297 g/mol. The summed E-state index contributed by atoms with van der Waals surface area (Å²) in [4.78, 5) is 0. The summed E-state index contributed by atoms with van der Waals surface area (Å²) in [6.45, 7) is 1.10. The zero-order valence-corrected chi connectivity index (χ0v) is 11.0. The van der Waals surface area contributed by atoms with Crippen molar-refractivity contribution in [3.63, 3.8) is 0 Å². The van der Waals surface area contributed by atoms with E-state index in [1.165, 1.54) is 6.07 Å². The second-order valence-corrected chi connectivity index (χ2v) is 5.38. The average molecular weight is 298 g/mol. The molecule has 2 nitrogen and oxygen atoms in total. The Balaban J connectivity index is 2.21. The molecule has 0 bridgehead atoms. The maximum atomic E-state index is 13.7. The summed E-state index contributed by atoms with van der Waals surface area (Å²) in [5, 5.41) is 9.29. The summed E-state index contributed by atoms with van der Waals surface area (Å²) in [6.07, 6.45) is 2.06. The smallest absolute Gasteiger partial charge is 0.127 e. The molecule has 0 spiro atoms. The van der Waals surface area contributed by atoms with Gasteiger partial charge < -0.3 is 4.74 Å². The molecule has 4 heteroatoms. The Morgan fingerprint density at radius 3 is 2.94 bits per heavy atom. The Kier molecular flexibility index (Phi) is 3.80. The van der Waals surface area contributed by atoms with Crippen LogP contribution in [0.25, 0.3) is 0 Å². The highest BCUT2D eigenvalue weighted by atomic mass is 79.9. The Labute approximate surface area is 109 Å². The van der Waals surface area contributed by atoms with Gasteiger partial charge in [0.15, 0.2) is 0 Å². The molecule has 0 saturated carbocycles. The number of nitriles is 1. The van der Waals surface area contributed by atoms with Gasteiger partial charge in [-0.2, -0.15) is 5.26 Å². The maximum Gasteiger partial charge on any atom is 0.127 e. The molecule has 90 valence electrons. The maximum absolute atomic E-state index is 13.7. The summed E-state index contributed by atoms with van der Waals surface area (Å²) in [5.74, 6) is -0.264. The highest BCUT2D eigenvalue weighted by molar-refractivity contribution is 9.10. The first-order valence-electron chi connectivity index (χ1n) is 5.58. The minimum atomic E-state index is -0.563. The van der Waals surface area contributed by atoms with Gasteiger partial charge in [0.05, 0.1) is 18.1 Å². The fourth-order valence-electron chi connectivity index (χ4n) is 2.15. The van der Waals surface area contributed by atoms with Crippen LogP contribution in [0, 0.1) is 22.6 Å². The van der Waals surface area contributed by atoms with Crippen molar-refractivity contribution in [2.75, 3.05) is 13.2 Å². The molecule has 1 aromatic rings. The van der Waals surface area contributed by atoms with Gasteiger partial charge in [0.25, 0.3) is 0 Å². The number of hydrogen-bond donors (Lipinski definition) is 0. The van der Waals surface area contributed by atoms with E-state index in [4.69, 9.17) is 4.74 Å². The van der Waals surface area contributed by atoms with Crippen molar-refractivity contribution in [3.05, 3.63) is 34.1 Å². The highest BCUT2D eigenvalue weighted by Gasteiger charge is 2.34. The number of nitrogens with zero attached hydrogens (tertiary/aromatic N) is 1. The van der Waals surface area contributed by atoms with E-state index in [9.17, 15) is 9.65 Å². The molecule has 1 aromatic carbocycles. The lowest BCUT2D eigenvalue weighted by Crippen LogP contribution is -2.32. The predicted molar refractivity (Wildman–Crippen MR) is 65.9 cm³/mol. The summed E-state index contributed by atoms with van der Waals surface area (Å²) in [6, 6.07) is 7.27. The standard InChI is InChI=1S/C13H13BrFNO/c14-11-3-2-10(12(15)6-11)7-13(8-16)4-1-5-17-9-13/h2-3,6H,1,4-5,7,9H2. The number of rotatable bonds is 2. The zero-order chi connectivity index (χ0) is 12.3. The van der Waals surface area contributed by atoms with Gasteiger partial charge in [-0.25, -0.2) is 4.39 Å². The van der Waals surface area contributed by atoms with E-state index in [0.717, 1.165) is 12.8 Å². The van der Waals surface area contributed by atoms with E-state index >= 15 is 0 Å². The summed E-state index contributed by atoms with van der Waals surface area (Å²) < 4.78 is 19.8. The third-order valence-corrected chi connectivity index (χ3v) is 3.60. The lowest BCUT2D eigenvalue weighted by molar-refractivity contribution is 0.0220. The molecule has 1 aliphatic heterocycles. The Morgan fingerprint density at radius 2 is 2.35 bits per heavy atom. The minimum Gasteiger partial charge on any atom is -0.380 e. The molecule has 1 aliphatic rings. The molecular formula is C13H13BrFNO. The first-order valence-corrected chi connectivity index (χ1v) is 6.37. The largest absolute Gasteiger partial charge is 0.380 e. The highest BCUT2D eigenvalue weighted by Crippen LogP contribution is 2.33.